The normalized spacial score (nSPS) is 10.6. The standard InChI is InChI=1S/C9H7ClN2O/c1-12-9(13)7-5-3-2-4-6(7)8(10)11-12/h2-5H,1H3. The van der Waals surface area contributed by atoms with Gasteiger partial charge in [-0.25, -0.2) is 4.68 Å². The van der Waals surface area contributed by atoms with Gasteiger partial charge in [-0.3, -0.25) is 4.79 Å². The van der Waals surface area contributed by atoms with Gasteiger partial charge in [0.2, 0.25) is 0 Å². The van der Waals surface area contributed by atoms with E-state index in [9.17, 15) is 4.79 Å². The molecule has 1 heterocycles. The van der Waals surface area contributed by atoms with E-state index in [2.05, 4.69) is 5.10 Å². The summed E-state index contributed by atoms with van der Waals surface area (Å²) < 4.78 is 1.24. The fraction of sp³-hybridized carbons (Fsp3) is 0.111. The molecular formula is C9H7ClN2O. The molecule has 0 saturated carbocycles. The molecule has 13 heavy (non-hydrogen) atoms. The van der Waals surface area contributed by atoms with Gasteiger partial charge in [-0.15, -0.1) is 0 Å². The van der Waals surface area contributed by atoms with Gasteiger partial charge in [-0.1, -0.05) is 29.8 Å². The minimum Gasteiger partial charge on any atom is -0.267 e. The number of hydrogen-bond donors (Lipinski definition) is 0. The second kappa shape index (κ2) is 2.85. The molecule has 1 aromatic heterocycles. The van der Waals surface area contributed by atoms with Gasteiger partial charge in [0.15, 0.2) is 5.15 Å². The highest BCUT2D eigenvalue weighted by atomic mass is 35.5. The molecule has 4 heteroatoms. The minimum absolute atomic E-state index is 0.125. The van der Waals surface area contributed by atoms with Gasteiger partial charge in [0.25, 0.3) is 5.56 Å². The summed E-state index contributed by atoms with van der Waals surface area (Å²) in [5.74, 6) is 0. The van der Waals surface area contributed by atoms with E-state index >= 15 is 0 Å². The van der Waals surface area contributed by atoms with Crippen molar-refractivity contribution in [2.24, 2.45) is 7.05 Å². The Kier molecular flexibility index (Phi) is 1.81. The zero-order valence-corrected chi connectivity index (χ0v) is 7.75. The minimum atomic E-state index is -0.125. The molecule has 0 amide bonds. The number of benzene rings is 1. The second-order valence-electron chi connectivity index (χ2n) is 2.77. The van der Waals surface area contributed by atoms with Crippen molar-refractivity contribution in [3.05, 3.63) is 39.8 Å². The molecule has 0 aliphatic rings. The zero-order chi connectivity index (χ0) is 9.42. The van der Waals surface area contributed by atoms with E-state index < -0.39 is 0 Å². The highest BCUT2D eigenvalue weighted by Gasteiger charge is 2.04. The summed E-state index contributed by atoms with van der Waals surface area (Å²) >= 11 is 5.86. The summed E-state index contributed by atoms with van der Waals surface area (Å²) in [4.78, 5) is 11.5. The Balaban J connectivity index is 3.06. The maximum atomic E-state index is 11.5. The summed E-state index contributed by atoms with van der Waals surface area (Å²) in [6, 6.07) is 7.16. The Morgan fingerprint density at radius 3 is 2.62 bits per heavy atom. The van der Waals surface area contributed by atoms with Crippen LogP contribution < -0.4 is 5.56 Å². The van der Waals surface area contributed by atoms with Crippen LogP contribution in [0.3, 0.4) is 0 Å². The topological polar surface area (TPSA) is 34.9 Å². The first-order valence-corrected chi connectivity index (χ1v) is 4.19. The molecule has 0 N–H and O–H groups in total. The molecular weight excluding hydrogens is 188 g/mol. The molecule has 0 bridgehead atoms. The monoisotopic (exact) mass is 194 g/mol. The number of rotatable bonds is 0. The Morgan fingerprint density at radius 2 is 1.92 bits per heavy atom. The third-order valence-corrected chi connectivity index (χ3v) is 2.19. The van der Waals surface area contributed by atoms with Crippen LogP contribution in [-0.4, -0.2) is 9.78 Å². The SMILES string of the molecule is Cn1nc(Cl)c2ccccc2c1=O. The summed E-state index contributed by atoms with van der Waals surface area (Å²) in [6.45, 7) is 0. The van der Waals surface area contributed by atoms with Crippen molar-refractivity contribution in [2.45, 2.75) is 0 Å². The van der Waals surface area contributed by atoms with Gasteiger partial charge in [-0.2, -0.15) is 5.10 Å². The molecule has 0 saturated heterocycles. The second-order valence-corrected chi connectivity index (χ2v) is 3.12. The van der Waals surface area contributed by atoms with Gasteiger partial charge >= 0.3 is 0 Å². The third-order valence-electron chi connectivity index (χ3n) is 1.91. The van der Waals surface area contributed by atoms with Crippen LogP contribution in [0.5, 0.6) is 0 Å². The lowest BCUT2D eigenvalue weighted by Crippen LogP contribution is -2.19. The Hall–Kier alpha value is -1.35. The zero-order valence-electron chi connectivity index (χ0n) is 6.99. The van der Waals surface area contributed by atoms with Crippen molar-refractivity contribution in [3.8, 4) is 0 Å². The fourth-order valence-electron chi connectivity index (χ4n) is 1.25. The number of halogens is 1. The lowest BCUT2D eigenvalue weighted by molar-refractivity contribution is 0.719. The Labute approximate surface area is 79.6 Å². The maximum Gasteiger partial charge on any atom is 0.274 e. The van der Waals surface area contributed by atoms with Crippen molar-refractivity contribution < 1.29 is 0 Å². The Bertz CT molecular complexity index is 518. The van der Waals surface area contributed by atoms with Crippen LogP contribution in [0.1, 0.15) is 0 Å². The number of fused-ring (bicyclic) bond motifs is 1. The molecule has 0 fully saturated rings. The van der Waals surface area contributed by atoms with Gasteiger partial charge in [0.1, 0.15) is 0 Å². The molecule has 0 radical (unpaired) electrons. The van der Waals surface area contributed by atoms with Crippen LogP contribution in [-0.2, 0) is 7.05 Å². The average Bonchev–Trinajstić information content (AvgIpc) is 2.15. The number of aromatic nitrogens is 2. The maximum absolute atomic E-state index is 11.5. The lowest BCUT2D eigenvalue weighted by atomic mass is 10.2. The van der Waals surface area contributed by atoms with E-state index in [1.807, 2.05) is 6.07 Å². The van der Waals surface area contributed by atoms with Crippen molar-refractivity contribution in [2.75, 3.05) is 0 Å². The highest BCUT2D eigenvalue weighted by molar-refractivity contribution is 6.34. The highest BCUT2D eigenvalue weighted by Crippen LogP contribution is 2.16. The summed E-state index contributed by atoms with van der Waals surface area (Å²) in [6.07, 6.45) is 0. The van der Waals surface area contributed by atoms with E-state index in [0.717, 1.165) is 0 Å². The van der Waals surface area contributed by atoms with Crippen LogP contribution in [0.15, 0.2) is 29.1 Å². The molecule has 1 aromatic carbocycles. The Morgan fingerprint density at radius 1 is 1.31 bits per heavy atom. The number of nitrogens with zero attached hydrogens (tertiary/aromatic N) is 2. The number of aryl methyl sites for hydroxylation is 1. The van der Waals surface area contributed by atoms with Crippen LogP contribution in [0.4, 0.5) is 0 Å². The van der Waals surface area contributed by atoms with Crippen LogP contribution in [0, 0.1) is 0 Å². The van der Waals surface area contributed by atoms with Crippen LogP contribution >= 0.6 is 11.6 Å². The van der Waals surface area contributed by atoms with Crippen molar-refractivity contribution >= 4 is 22.4 Å². The first-order valence-electron chi connectivity index (χ1n) is 3.81. The molecule has 0 aliphatic heterocycles. The van der Waals surface area contributed by atoms with Crippen LogP contribution in [0.25, 0.3) is 10.8 Å². The first-order chi connectivity index (χ1) is 6.20. The quantitative estimate of drug-likeness (QED) is 0.639. The van der Waals surface area contributed by atoms with Gasteiger partial charge < -0.3 is 0 Å². The largest absolute Gasteiger partial charge is 0.274 e. The lowest BCUT2D eigenvalue weighted by Gasteiger charge is -2.01. The van der Waals surface area contributed by atoms with Crippen molar-refractivity contribution in [3.63, 3.8) is 0 Å². The van der Waals surface area contributed by atoms with E-state index in [-0.39, 0.29) is 5.56 Å². The van der Waals surface area contributed by atoms with Gasteiger partial charge in [0.05, 0.1) is 5.39 Å². The molecule has 0 atom stereocenters. The van der Waals surface area contributed by atoms with E-state index in [4.69, 9.17) is 11.6 Å². The number of hydrogen-bond acceptors (Lipinski definition) is 2. The smallest absolute Gasteiger partial charge is 0.267 e. The van der Waals surface area contributed by atoms with E-state index in [0.29, 0.717) is 15.9 Å². The third kappa shape index (κ3) is 1.21. The molecule has 2 rings (SSSR count). The van der Waals surface area contributed by atoms with Crippen molar-refractivity contribution in [1.29, 1.82) is 0 Å². The van der Waals surface area contributed by atoms with E-state index in [1.165, 1.54) is 4.68 Å². The molecule has 0 unspecified atom stereocenters. The molecule has 3 nitrogen and oxygen atoms in total. The van der Waals surface area contributed by atoms with Gasteiger partial charge in [0, 0.05) is 12.4 Å². The first kappa shape index (κ1) is 8.26. The van der Waals surface area contributed by atoms with Crippen molar-refractivity contribution in [1.82, 2.24) is 9.78 Å². The summed E-state index contributed by atoms with van der Waals surface area (Å²) in [7, 11) is 1.58. The predicted molar refractivity (Wildman–Crippen MR) is 52.0 cm³/mol. The molecule has 0 spiro atoms. The summed E-state index contributed by atoms with van der Waals surface area (Å²) in [5.41, 5.74) is -0.125. The summed E-state index contributed by atoms with van der Waals surface area (Å²) in [5, 5.41) is 5.53. The molecule has 66 valence electrons. The van der Waals surface area contributed by atoms with E-state index in [1.54, 1.807) is 25.2 Å². The molecule has 0 aliphatic carbocycles. The fourth-order valence-corrected chi connectivity index (χ4v) is 1.53. The average molecular weight is 195 g/mol. The molecule has 2 aromatic rings. The van der Waals surface area contributed by atoms with Gasteiger partial charge in [-0.05, 0) is 6.07 Å². The van der Waals surface area contributed by atoms with Crippen LogP contribution in [0.2, 0.25) is 5.15 Å². The predicted octanol–water partition coefficient (Wildman–Crippen LogP) is 1.59.